The van der Waals surface area contributed by atoms with Gasteiger partial charge in [0.2, 0.25) is 0 Å². The Balaban J connectivity index is 1.89. The molecule has 0 spiro atoms. The summed E-state index contributed by atoms with van der Waals surface area (Å²) in [5.74, 6) is -1.56. The van der Waals surface area contributed by atoms with Gasteiger partial charge in [-0.1, -0.05) is 6.07 Å². The summed E-state index contributed by atoms with van der Waals surface area (Å²) < 4.78 is 26.8. The minimum Gasteiger partial charge on any atom is -0.367 e. The van der Waals surface area contributed by atoms with Gasteiger partial charge < -0.3 is 4.90 Å². The summed E-state index contributed by atoms with van der Waals surface area (Å²) in [6, 6.07) is 6.41. The fourth-order valence-corrected chi connectivity index (χ4v) is 2.33. The zero-order valence-electron chi connectivity index (χ0n) is 10.8. The van der Waals surface area contributed by atoms with Crippen molar-refractivity contribution in [3.8, 4) is 6.07 Å². The van der Waals surface area contributed by atoms with Crippen LogP contribution in [0.5, 0.6) is 0 Å². The molecule has 102 valence electrons. The Morgan fingerprint density at radius 3 is 2.58 bits per heavy atom. The molecule has 1 aromatic carbocycles. The molecular formula is C14H17F2N3. The van der Waals surface area contributed by atoms with Gasteiger partial charge in [0.25, 0.3) is 0 Å². The Morgan fingerprint density at radius 2 is 1.89 bits per heavy atom. The summed E-state index contributed by atoms with van der Waals surface area (Å²) in [5.41, 5.74) is 0.344. The van der Waals surface area contributed by atoms with Crippen LogP contribution in [0.4, 0.5) is 14.5 Å². The Kier molecular flexibility index (Phi) is 4.69. The maximum absolute atomic E-state index is 13.7. The second-order valence-electron chi connectivity index (χ2n) is 4.66. The van der Waals surface area contributed by atoms with E-state index in [0.29, 0.717) is 25.2 Å². The largest absolute Gasteiger partial charge is 0.367 e. The van der Waals surface area contributed by atoms with E-state index in [1.54, 1.807) is 6.07 Å². The highest BCUT2D eigenvalue weighted by molar-refractivity contribution is 5.48. The van der Waals surface area contributed by atoms with Gasteiger partial charge in [0.15, 0.2) is 11.6 Å². The summed E-state index contributed by atoms with van der Waals surface area (Å²) in [6.45, 7) is 3.91. The van der Waals surface area contributed by atoms with E-state index in [1.807, 2.05) is 4.90 Å². The number of nitriles is 1. The minimum atomic E-state index is -0.797. The lowest BCUT2D eigenvalue weighted by Gasteiger charge is -2.36. The van der Waals surface area contributed by atoms with E-state index in [2.05, 4.69) is 11.0 Å². The monoisotopic (exact) mass is 265 g/mol. The van der Waals surface area contributed by atoms with Crippen LogP contribution in [0.3, 0.4) is 0 Å². The van der Waals surface area contributed by atoms with Gasteiger partial charge in [-0.15, -0.1) is 0 Å². The van der Waals surface area contributed by atoms with E-state index in [4.69, 9.17) is 5.26 Å². The number of unbranched alkanes of at least 4 members (excludes halogenated alkanes) is 1. The molecule has 0 radical (unpaired) electrons. The van der Waals surface area contributed by atoms with Gasteiger partial charge in [0.05, 0.1) is 11.8 Å². The Labute approximate surface area is 112 Å². The van der Waals surface area contributed by atoms with Gasteiger partial charge in [0, 0.05) is 32.6 Å². The highest BCUT2D eigenvalue weighted by Crippen LogP contribution is 2.22. The first-order valence-corrected chi connectivity index (χ1v) is 6.50. The van der Waals surface area contributed by atoms with E-state index in [1.165, 1.54) is 6.07 Å². The van der Waals surface area contributed by atoms with Crippen molar-refractivity contribution in [3.63, 3.8) is 0 Å². The number of hydrogen-bond acceptors (Lipinski definition) is 3. The van der Waals surface area contributed by atoms with E-state index in [9.17, 15) is 8.78 Å². The molecule has 0 atom stereocenters. The first-order chi connectivity index (χ1) is 9.22. The molecule has 0 saturated carbocycles. The Hall–Kier alpha value is -1.67. The smallest absolute Gasteiger partial charge is 0.182 e. The highest BCUT2D eigenvalue weighted by Gasteiger charge is 2.20. The number of hydrogen-bond donors (Lipinski definition) is 0. The Bertz CT molecular complexity index is 462. The third-order valence-electron chi connectivity index (χ3n) is 3.41. The first kappa shape index (κ1) is 13.8. The SMILES string of the molecule is N#CCCCN1CCN(c2cccc(F)c2F)CC1. The fourth-order valence-electron chi connectivity index (χ4n) is 2.33. The average Bonchev–Trinajstić information content (AvgIpc) is 2.43. The van der Waals surface area contributed by atoms with E-state index in [0.717, 1.165) is 32.1 Å². The van der Waals surface area contributed by atoms with Crippen LogP contribution in [0.25, 0.3) is 0 Å². The molecule has 1 aliphatic rings. The molecule has 0 N–H and O–H groups in total. The van der Waals surface area contributed by atoms with Gasteiger partial charge in [0.1, 0.15) is 0 Å². The summed E-state index contributed by atoms with van der Waals surface area (Å²) >= 11 is 0. The second-order valence-corrected chi connectivity index (χ2v) is 4.66. The maximum Gasteiger partial charge on any atom is 0.182 e. The zero-order chi connectivity index (χ0) is 13.7. The van der Waals surface area contributed by atoms with Gasteiger partial charge >= 0.3 is 0 Å². The summed E-state index contributed by atoms with van der Waals surface area (Å²) in [6.07, 6.45) is 1.43. The number of anilines is 1. The molecule has 5 heteroatoms. The lowest BCUT2D eigenvalue weighted by Crippen LogP contribution is -2.47. The third kappa shape index (κ3) is 3.42. The molecule has 0 unspecified atom stereocenters. The molecule has 1 heterocycles. The van der Waals surface area contributed by atoms with E-state index < -0.39 is 11.6 Å². The van der Waals surface area contributed by atoms with Gasteiger partial charge in [-0.3, -0.25) is 4.90 Å². The van der Waals surface area contributed by atoms with Gasteiger partial charge in [-0.05, 0) is 25.1 Å². The fraction of sp³-hybridized carbons (Fsp3) is 0.500. The number of piperazine rings is 1. The molecule has 0 bridgehead atoms. The molecule has 0 amide bonds. The van der Waals surface area contributed by atoms with Crippen molar-refractivity contribution in [2.75, 3.05) is 37.6 Å². The number of benzene rings is 1. The molecule has 0 aromatic heterocycles. The van der Waals surface area contributed by atoms with Crippen molar-refractivity contribution < 1.29 is 8.78 Å². The van der Waals surface area contributed by atoms with Crippen LogP contribution < -0.4 is 4.90 Å². The van der Waals surface area contributed by atoms with Crippen LogP contribution in [0.2, 0.25) is 0 Å². The van der Waals surface area contributed by atoms with Crippen molar-refractivity contribution in [1.29, 1.82) is 5.26 Å². The second kappa shape index (κ2) is 6.48. The normalized spacial score (nSPS) is 16.4. The quantitative estimate of drug-likeness (QED) is 0.783. The number of halogens is 2. The standard InChI is InChI=1S/C14H17F2N3/c15-12-4-3-5-13(14(12)16)19-10-8-18(9-11-19)7-2-1-6-17/h3-5H,1-2,7-11H2. The molecule has 1 saturated heterocycles. The molecule has 3 nitrogen and oxygen atoms in total. The predicted molar refractivity (Wildman–Crippen MR) is 69.9 cm³/mol. The van der Waals surface area contributed by atoms with Crippen molar-refractivity contribution in [2.24, 2.45) is 0 Å². The summed E-state index contributed by atoms with van der Waals surface area (Å²) in [5, 5.41) is 8.49. The highest BCUT2D eigenvalue weighted by atomic mass is 19.2. The third-order valence-corrected chi connectivity index (χ3v) is 3.41. The summed E-state index contributed by atoms with van der Waals surface area (Å²) in [7, 11) is 0. The van der Waals surface area contributed by atoms with Crippen LogP contribution in [-0.2, 0) is 0 Å². The lowest BCUT2D eigenvalue weighted by molar-refractivity contribution is 0.255. The minimum absolute atomic E-state index is 0.344. The van der Waals surface area contributed by atoms with Crippen LogP contribution in [0, 0.1) is 23.0 Å². The molecule has 2 rings (SSSR count). The van der Waals surface area contributed by atoms with Crippen LogP contribution in [0.15, 0.2) is 18.2 Å². The van der Waals surface area contributed by atoms with Gasteiger partial charge in [-0.2, -0.15) is 5.26 Å². The average molecular weight is 265 g/mol. The van der Waals surface area contributed by atoms with Crippen molar-refractivity contribution in [3.05, 3.63) is 29.8 Å². The molecule has 19 heavy (non-hydrogen) atoms. The van der Waals surface area contributed by atoms with Crippen molar-refractivity contribution >= 4 is 5.69 Å². The van der Waals surface area contributed by atoms with Crippen LogP contribution >= 0.6 is 0 Å². The summed E-state index contributed by atoms with van der Waals surface area (Å²) in [4.78, 5) is 4.13. The molecule has 1 aromatic rings. The first-order valence-electron chi connectivity index (χ1n) is 6.50. The number of nitrogens with zero attached hydrogens (tertiary/aromatic N) is 3. The Morgan fingerprint density at radius 1 is 1.16 bits per heavy atom. The van der Waals surface area contributed by atoms with E-state index >= 15 is 0 Å². The van der Waals surface area contributed by atoms with Crippen LogP contribution in [-0.4, -0.2) is 37.6 Å². The molecule has 1 aliphatic heterocycles. The van der Waals surface area contributed by atoms with Gasteiger partial charge in [-0.25, -0.2) is 8.78 Å². The molecule has 1 fully saturated rings. The van der Waals surface area contributed by atoms with E-state index in [-0.39, 0.29) is 0 Å². The molecular weight excluding hydrogens is 248 g/mol. The topological polar surface area (TPSA) is 30.3 Å². The number of rotatable bonds is 4. The molecule has 0 aliphatic carbocycles. The van der Waals surface area contributed by atoms with Crippen LogP contribution in [0.1, 0.15) is 12.8 Å². The predicted octanol–water partition coefficient (Wildman–Crippen LogP) is 2.39. The van der Waals surface area contributed by atoms with Crippen molar-refractivity contribution in [1.82, 2.24) is 4.90 Å². The lowest BCUT2D eigenvalue weighted by atomic mass is 10.2. The zero-order valence-corrected chi connectivity index (χ0v) is 10.8. The van der Waals surface area contributed by atoms with Crippen molar-refractivity contribution in [2.45, 2.75) is 12.8 Å². The maximum atomic E-state index is 13.7.